The minimum Gasteiger partial charge on any atom is -0.477 e. The summed E-state index contributed by atoms with van der Waals surface area (Å²) in [6.07, 6.45) is 5.61. The first-order valence-corrected chi connectivity index (χ1v) is 7.99. The van der Waals surface area contributed by atoms with Crippen molar-refractivity contribution in [2.45, 2.75) is 18.9 Å². The van der Waals surface area contributed by atoms with Gasteiger partial charge in [-0.25, -0.2) is 14.8 Å². The highest BCUT2D eigenvalue weighted by Gasteiger charge is 2.30. The van der Waals surface area contributed by atoms with Crippen LogP contribution in [0.2, 0.25) is 0 Å². The van der Waals surface area contributed by atoms with E-state index in [1.807, 2.05) is 16.7 Å². The molecule has 0 radical (unpaired) electrons. The monoisotopic (exact) mass is 314 g/mol. The summed E-state index contributed by atoms with van der Waals surface area (Å²) in [6, 6.07) is 5.92. The van der Waals surface area contributed by atoms with Crippen molar-refractivity contribution < 1.29 is 9.90 Å². The Labute approximate surface area is 130 Å². The van der Waals surface area contributed by atoms with Gasteiger partial charge in [0, 0.05) is 29.9 Å². The van der Waals surface area contributed by atoms with Crippen LogP contribution in [0, 0.1) is 0 Å². The molecular weight excluding hydrogens is 300 g/mol. The number of aromatic carboxylic acids is 1. The molecule has 22 heavy (non-hydrogen) atoms. The van der Waals surface area contributed by atoms with Gasteiger partial charge in [0.2, 0.25) is 5.95 Å². The fraction of sp³-hybridized carbons (Fsp3) is 0.267. The smallest absolute Gasteiger partial charge is 0.354 e. The molecule has 0 aromatic carbocycles. The van der Waals surface area contributed by atoms with Crippen LogP contribution in [-0.4, -0.2) is 32.0 Å². The number of hydrogen-bond acceptors (Lipinski definition) is 5. The number of carbonyl (C=O) groups is 1. The number of carboxylic acids is 1. The molecule has 0 amide bonds. The number of anilines is 1. The fourth-order valence-corrected chi connectivity index (χ4v) is 3.88. The van der Waals surface area contributed by atoms with E-state index in [1.54, 1.807) is 17.5 Å². The van der Waals surface area contributed by atoms with Crippen LogP contribution < -0.4 is 4.90 Å². The Kier molecular flexibility index (Phi) is 3.07. The van der Waals surface area contributed by atoms with Gasteiger partial charge in [0.25, 0.3) is 0 Å². The van der Waals surface area contributed by atoms with Crippen LogP contribution in [0.4, 0.5) is 5.95 Å². The van der Waals surface area contributed by atoms with Gasteiger partial charge in [-0.05, 0) is 24.3 Å². The minimum atomic E-state index is -1.03. The molecule has 1 unspecified atom stereocenters. The Morgan fingerprint density at radius 2 is 2.36 bits per heavy atom. The van der Waals surface area contributed by atoms with Crippen LogP contribution in [0.25, 0.3) is 5.65 Å². The largest absolute Gasteiger partial charge is 0.477 e. The SMILES string of the molecule is O=C(O)c1cc2nccn2c(N2CCCC2c2cccs2)n1. The number of hydrogen-bond donors (Lipinski definition) is 1. The van der Waals surface area contributed by atoms with E-state index in [4.69, 9.17) is 0 Å². The van der Waals surface area contributed by atoms with Crippen molar-refractivity contribution in [3.8, 4) is 0 Å². The Balaban J connectivity index is 1.85. The Morgan fingerprint density at radius 3 is 3.14 bits per heavy atom. The Morgan fingerprint density at radius 1 is 1.45 bits per heavy atom. The average molecular weight is 314 g/mol. The highest BCUT2D eigenvalue weighted by atomic mass is 32.1. The minimum absolute atomic E-state index is 0.0329. The number of imidazole rings is 1. The molecule has 4 rings (SSSR count). The van der Waals surface area contributed by atoms with Crippen LogP contribution >= 0.6 is 11.3 Å². The lowest BCUT2D eigenvalue weighted by Crippen LogP contribution is -2.26. The normalized spacial score (nSPS) is 18.2. The number of rotatable bonds is 3. The Bertz CT molecular complexity index is 827. The van der Waals surface area contributed by atoms with Crippen molar-refractivity contribution in [2.24, 2.45) is 0 Å². The number of carboxylic acid groups (broad SMARTS) is 1. The molecule has 0 spiro atoms. The van der Waals surface area contributed by atoms with Crippen LogP contribution in [-0.2, 0) is 0 Å². The standard InChI is InChI=1S/C15H14N4O2S/c20-14(21)10-9-13-16-5-7-19(13)15(17-10)18-6-1-3-11(18)12-4-2-8-22-12/h2,4-5,7-9,11H,1,3,6H2,(H,20,21). The van der Waals surface area contributed by atoms with Crippen molar-refractivity contribution >= 4 is 28.9 Å². The van der Waals surface area contributed by atoms with Gasteiger partial charge in [-0.2, -0.15) is 0 Å². The first kappa shape index (κ1) is 13.3. The summed E-state index contributed by atoms with van der Waals surface area (Å²) in [5.41, 5.74) is 0.643. The van der Waals surface area contributed by atoms with E-state index >= 15 is 0 Å². The molecule has 3 aromatic rings. The molecule has 1 aliphatic rings. The third kappa shape index (κ3) is 2.05. The zero-order chi connectivity index (χ0) is 15.1. The zero-order valence-electron chi connectivity index (χ0n) is 11.7. The lowest BCUT2D eigenvalue weighted by molar-refractivity contribution is 0.0690. The van der Waals surface area contributed by atoms with E-state index in [-0.39, 0.29) is 11.7 Å². The maximum absolute atomic E-state index is 11.3. The molecule has 112 valence electrons. The van der Waals surface area contributed by atoms with E-state index in [2.05, 4.69) is 26.3 Å². The van der Waals surface area contributed by atoms with Gasteiger partial charge in [-0.1, -0.05) is 6.07 Å². The predicted octanol–water partition coefficient (Wildman–Crippen LogP) is 2.83. The molecule has 7 heteroatoms. The van der Waals surface area contributed by atoms with Crippen molar-refractivity contribution in [3.63, 3.8) is 0 Å². The summed E-state index contributed by atoms with van der Waals surface area (Å²) in [7, 11) is 0. The topological polar surface area (TPSA) is 70.7 Å². The molecule has 1 atom stereocenters. The second-order valence-corrected chi connectivity index (χ2v) is 6.25. The van der Waals surface area contributed by atoms with Gasteiger partial charge in [0.15, 0.2) is 5.69 Å². The van der Waals surface area contributed by atoms with Gasteiger partial charge < -0.3 is 10.0 Å². The Hall–Kier alpha value is -2.41. The molecule has 3 aromatic heterocycles. The molecule has 4 heterocycles. The summed E-state index contributed by atoms with van der Waals surface area (Å²) >= 11 is 1.73. The van der Waals surface area contributed by atoms with Crippen LogP contribution in [0.3, 0.4) is 0 Å². The highest BCUT2D eigenvalue weighted by Crippen LogP contribution is 2.37. The quantitative estimate of drug-likeness (QED) is 0.805. The second kappa shape index (κ2) is 5.10. The van der Waals surface area contributed by atoms with E-state index < -0.39 is 5.97 Å². The van der Waals surface area contributed by atoms with Gasteiger partial charge >= 0.3 is 5.97 Å². The average Bonchev–Trinajstić information content (AvgIpc) is 3.25. The molecular formula is C15H14N4O2S. The van der Waals surface area contributed by atoms with Gasteiger partial charge in [-0.3, -0.25) is 4.40 Å². The van der Waals surface area contributed by atoms with E-state index in [9.17, 15) is 9.90 Å². The molecule has 1 saturated heterocycles. The molecule has 1 N–H and O–H groups in total. The molecule has 1 fully saturated rings. The van der Waals surface area contributed by atoms with Gasteiger partial charge in [0.1, 0.15) is 5.65 Å². The first-order valence-electron chi connectivity index (χ1n) is 7.11. The molecule has 0 bridgehead atoms. The molecule has 0 saturated carbocycles. The zero-order valence-corrected chi connectivity index (χ0v) is 12.5. The first-order chi connectivity index (χ1) is 10.7. The molecule has 6 nitrogen and oxygen atoms in total. The van der Waals surface area contributed by atoms with Crippen molar-refractivity contribution in [1.29, 1.82) is 0 Å². The summed E-state index contributed by atoms with van der Waals surface area (Å²) in [6.45, 7) is 0.867. The number of fused-ring (bicyclic) bond motifs is 1. The lowest BCUT2D eigenvalue weighted by atomic mass is 10.2. The van der Waals surface area contributed by atoms with E-state index in [1.165, 1.54) is 10.9 Å². The van der Waals surface area contributed by atoms with Gasteiger partial charge in [0.05, 0.1) is 6.04 Å². The lowest BCUT2D eigenvalue weighted by Gasteiger charge is -2.25. The summed E-state index contributed by atoms with van der Waals surface area (Å²) in [4.78, 5) is 23.4. The molecule has 1 aliphatic heterocycles. The van der Waals surface area contributed by atoms with Crippen molar-refractivity contribution in [2.75, 3.05) is 11.4 Å². The number of aromatic nitrogens is 3. The van der Waals surface area contributed by atoms with Crippen molar-refractivity contribution in [1.82, 2.24) is 14.4 Å². The van der Waals surface area contributed by atoms with Crippen LogP contribution in [0.15, 0.2) is 36.0 Å². The second-order valence-electron chi connectivity index (χ2n) is 5.27. The maximum atomic E-state index is 11.3. The third-order valence-corrected chi connectivity index (χ3v) is 4.95. The number of nitrogens with zero attached hydrogens (tertiary/aromatic N) is 4. The van der Waals surface area contributed by atoms with E-state index in [0.717, 1.165) is 19.4 Å². The van der Waals surface area contributed by atoms with Gasteiger partial charge in [-0.15, -0.1) is 11.3 Å². The predicted molar refractivity (Wildman–Crippen MR) is 83.6 cm³/mol. The summed E-state index contributed by atoms with van der Waals surface area (Å²) in [5, 5.41) is 11.4. The molecule has 0 aliphatic carbocycles. The van der Waals surface area contributed by atoms with Crippen LogP contribution in [0.5, 0.6) is 0 Å². The fourth-order valence-electron chi connectivity index (χ4n) is 3.00. The van der Waals surface area contributed by atoms with Crippen molar-refractivity contribution in [3.05, 3.63) is 46.5 Å². The van der Waals surface area contributed by atoms with Crippen LogP contribution in [0.1, 0.15) is 34.2 Å². The van der Waals surface area contributed by atoms with E-state index in [0.29, 0.717) is 11.6 Å². The summed E-state index contributed by atoms with van der Waals surface area (Å²) < 4.78 is 1.86. The maximum Gasteiger partial charge on any atom is 0.354 e. The summed E-state index contributed by atoms with van der Waals surface area (Å²) in [5.74, 6) is -0.373. The third-order valence-electron chi connectivity index (χ3n) is 3.97. The highest BCUT2D eigenvalue weighted by molar-refractivity contribution is 7.10. The number of thiophene rings is 1.